The summed E-state index contributed by atoms with van der Waals surface area (Å²) in [7, 11) is 1.52. The average molecular weight is 278 g/mol. The normalized spacial score (nSPS) is 21.2. The van der Waals surface area contributed by atoms with Crippen LogP contribution in [-0.4, -0.2) is 30.1 Å². The Morgan fingerprint density at radius 2 is 2.20 bits per heavy atom. The molecule has 0 aromatic carbocycles. The third-order valence-corrected chi connectivity index (χ3v) is 3.40. The minimum absolute atomic E-state index is 0.196. The maximum absolute atomic E-state index is 11.9. The van der Waals surface area contributed by atoms with Crippen molar-refractivity contribution < 1.29 is 14.3 Å². The lowest BCUT2D eigenvalue weighted by molar-refractivity contribution is -0.122. The van der Waals surface area contributed by atoms with Crippen LogP contribution in [0.3, 0.4) is 0 Å². The second-order valence-electron chi connectivity index (χ2n) is 4.73. The Bertz CT molecular complexity index is 489. The number of methoxy groups -OCH3 is 1. The van der Waals surface area contributed by atoms with E-state index in [0.717, 1.165) is 19.3 Å². The molecule has 0 spiro atoms. The van der Waals surface area contributed by atoms with Crippen LogP contribution in [0, 0.1) is 5.92 Å². The van der Waals surface area contributed by atoms with Crippen LogP contribution in [0.25, 0.3) is 0 Å². The van der Waals surface area contributed by atoms with Crippen molar-refractivity contribution in [2.75, 3.05) is 12.4 Å². The van der Waals surface area contributed by atoms with Crippen molar-refractivity contribution in [1.82, 2.24) is 10.3 Å². The molecule has 1 fully saturated rings. The van der Waals surface area contributed by atoms with Crippen LogP contribution < -0.4 is 21.1 Å². The quantitative estimate of drug-likeness (QED) is 0.759. The molecule has 3 amide bonds. The number of carbonyl (C=O) groups excluding carboxylic acids is 2. The number of ether oxygens (including phenoxy) is 1. The fourth-order valence-corrected chi connectivity index (χ4v) is 2.38. The summed E-state index contributed by atoms with van der Waals surface area (Å²) in [5.74, 6) is -0.172. The summed E-state index contributed by atoms with van der Waals surface area (Å²) < 4.78 is 4.93. The van der Waals surface area contributed by atoms with Crippen molar-refractivity contribution in [3.8, 4) is 5.88 Å². The van der Waals surface area contributed by atoms with Gasteiger partial charge in [0.25, 0.3) is 0 Å². The van der Waals surface area contributed by atoms with Crippen LogP contribution >= 0.6 is 0 Å². The van der Waals surface area contributed by atoms with E-state index in [-0.39, 0.29) is 23.9 Å². The second kappa shape index (κ2) is 6.23. The van der Waals surface area contributed by atoms with Gasteiger partial charge in [0.15, 0.2) is 0 Å². The molecule has 7 nitrogen and oxygen atoms in total. The van der Waals surface area contributed by atoms with Gasteiger partial charge >= 0.3 is 6.03 Å². The first-order chi connectivity index (χ1) is 9.60. The highest BCUT2D eigenvalue weighted by Gasteiger charge is 2.32. The first kappa shape index (κ1) is 14.1. The van der Waals surface area contributed by atoms with Crippen molar-refractivity contribution in [1.29, 1.82) is 0 Å². The maximum Gasteiger partial charge on any atom is 0.319 e. The number of urea groups is 1. The third kappa shape index (κ3) is 3.37. The molecule has 1 saturated carbocycles. The predicted molar refractivity (Wildman–Crippen MR) is 73.3 cm³/mol. The highest BCUT2D eigenvalue weighted by molar-refractivity contribution is 5.90. The highest BCUT2D eigenvalue weighted by Crippen LogP contribution is 2.25. The van der Waals surface area contributed by atoms with Crippen molar-refractivity contribution in [2.24, 2.45) is 11.7 Å². The molecule has 0 unspecified atom stereocenters. The number of amides is 3. The molecular formula is C13H18N4O3. The molecule has 2 rings (SSSR count). The van der Waals surface area contributed by atoms with Crippen molar-refractivity contribution in [3.63, 3.8) is 0 Å². The number of anilines is 1. The molecule has 0 bridgehead atoms. The van der Waals surface area contributed by atoms with Crippen LogP contribution in [0.4, 0.5) is 10.5 Å². The standard InChI is InChI=1S/C13H18N4O3/c1-20-11-6-5-8(7-15-11)16-13(19)17-10-4-2-3-9(10)12(14)18/h5-7,9-10H,2-4H2,1H3,(H2,14,18)(H2,16,17,19)/t9-,10-/m0/s1. The average Bonchev–Trinajstić information content (AvgIpc) is 2.87. The summed E-state index contributed by atoms with van der Waals surface area (Å²) in [6.45, 7) is 0. The van der Waals surface area contributed by atoms with E-state index in [4.69, 9.17) is 10.5 Å². The zero-order valence-corrected chi connectivity index (χ0v) is 11.3. The van der Waals surface area contributed by atoms with Gasteiger partial charge in [-0.3, -0.25) is 4.79 Å². The maximum atomic E-state index is 11.9. The SMILES string of the molecule is COc1ccc(NC(=O)N[C@H]2CCC[C@@H]2C(N)=O)cn1. The summed E-state index contributed by atoms with van der Waals surface area (Å²) in [5, 5.41) is 5.44. The Balaban J connectivity index is 1.90. The van der Waals surface area contributed by atoms with Crippen LogP contribution in [0.1, 0.15) is 19.3 Å². The summed E-state index contributed by atoms with van der Waals surface area (Å²) >= 11 is 0. The molecule has 0 saturated heterocycles. The van der Waals surface area contributed by atoms with E-state index in [2.05, 4.69) is 15.6 Å². The van der Waals surface area contributed by atoms with Crippen LogP contribution in [0.2, 0.25) is 0 Å². The molecular weight excluding hydrogens is 260 g/mol. The zero-order valence-electron chi connectivity index (χ0n) is 11.3. The highest BCUT2D eigenvalue weighted by atomic mass is 16.5. The van der Waals surface area contributed by atoms with E-state index in [1.807, 2.05) is 0 Å². The second-order valence-corrected chi connectivity index (χ2v) is 4.73. The Hall–Kier alpha value is -2.31. The molecule has 7 heteroatoms. The number of hydrogen-bond donors (Lipinski definition) is 3. The monoisotopic (exact) mass is 278 g/mol. The smallest absolute Gasteiger partial charge is 0.319 e. The molecule has 1 aliphatic rings. The number of pyridine rings is 1. The molecule has 4 N–H and O–H groups in total. The van der Waals surface area contributed by atoms with Gasteiger partial charge in [0.2, 0.25) is 11.8 Å². The third-order valence-electron chi connectivity index (χ3n) is 3.40. The van der Waals surface area contributed by atoms with Crippen LogP contribution in [-0.2, 0) is 4.79 Å². The number of hydrogen-bond acceptors (Lipinski definition) is 4. The van der Waals surface area contributed by atoms with Gasteiger partial charge in [-0.25, -0.2) is 9.78 Å². The van der Waals surface area contributed by atoms with Gasteiger partial charge in [0, 0.05) is 12.1 Å². The fraction of sp³-hybridized carbons (Fsp3) is 0.462. The van der Waals surface area contributed by atoms with Gasteiger partial charge in [-0.15, -0.1) is 0 Å². The molecule has 0 radical (unpaired) electrons. The van der Waals surface area contributed by atoms with E-state index >= 15 is 0 Å². The van der Waals surface area contributed by atoms with Crippen molar-refractivity contribution in [2.45, 2.75) is 25.3 Å². The lowest BCUT2D eigenvalue weighted by Gasteiger charge is -2.18. The number of nitrogens with zero attached hydrogens (tertiary/aromatic N) is 1. The Morgan fingerprint density at radius 1 is 1.40 bits per heavy atom. The zero-order chi connectivity index (χ0) is 14.5. The molecule has 20 heavy (non-hydrogen) atoms. The lowest BCUT2D eigenvalue weighted by Crippen LogP contribution is -2.44. The van der Waals surface area contributed by atoms with Crippen molar-refractivity contribution in [3.05, 3.63) is 18.3 Å². The molecule has 1 aliphatic carbocycles. The Kier molecular flexibility index (Phi) is 4.39. The number of nitrogens with two attached hydrogens (primary N) is 1. The first-order valence-corrected chi connectivity index (χ1v) is 6.47. The topological polar surface area (TPSA) is 106 Å². The minimum atomic E-state index is -0.366. The summed E-state index contributed by atoms with van der Waals surface area (Å²) in [4.78, 5) is 27.1. The first-order valence-electron chi connectivity index (χ1n) is 6.47. The van der Waals surface area contributed by atoms with Gasteiger partial charge in [-0.1, -0.05) is 6.42 Å². The summed E-state index contributed by atoms with van der Waals surface area (Å²) in [6, 6.07) is 2.78. The van der Waals surface area contributed by atoms with E-state index in [1.54, 1.807) is 12.1 Å². The van der Waals surface area contributed by atoms with Gasteiger partial charge in [-0.05, 0) is 18.9 Å². The van der Waals surface area contributed by atoms with E-state index < -0.39 is 0 Å². The molecule has 108 valence electrons. The number of carbonyl (C=O) groups is 2. The van der Waals surface area contributed by atoms with Crippen LogP contribution in [0.5, 0.6) is 5.88 Å². The lowest BCUT2D eigenvalue weighted by atomic mass is 10.0. The van der Waals surface area contributed by atoms with Gasteiger partial charge in [-0.2, -0.15) is 0 Å². The van der Waals surface area contributed by atoms with E-state index in [0.29, 0.717) is 11.6 Å². The molecule has 1 aromatic heterocycles. The largest absolute Gasteiger partial charge is 0.481 e. The number of rotatable bonds is 4. The molecule has 2 atom stereocenters. The van der Waals surface area contributed by atoms with Gasteiger partial charge in [0.05, 0.1) is 24.9 Å². The number of aromatic nitrogens is 1. The Labute approximate surface area is 116 Å². The van der Waals surface area contributed by atoms with Crippen LogP contribution in [0.15, 0.2) is 18.3 Å². The summed E-state index contributed by atoms with van der Waals surface area (Å²) in [5.41, 5.74) is 5.87. The minimum Gasteiger partial charge on any atom is -0.481 e. The molecule has 0 aliphatic heterocycles. The summed E-state index contributed by atoms with van der Waals surface area (Å²) in [6.07, 6.45) is 3.88. The van der Waals surface area contributed by atoms with E-state index in [1.165, 1.54) is 13.3 Å². The Morgan fingerprint density at radius 3 is 2.80 bits per heavy atom. The molecule has 1 heterocycles. The van der Waals surface area contributed by atoms with Crippen molar-refractivity contribution >= 4 is 17.6 Å². The number of nitrogens with one attached hydrogen (secondary N) is 2. The van der Waals surface area contributed by atoms with E-state index in [9.17, 15) is 9.59 Å². The fourth-order valence-electron chi connectivity index (χ4n) is 2.38. The van der Waals surface area contributed by atoms with Gasteiger partial charge in [0.1, 0.15) is 0 Å². The molecule has 1 aromatic rings. The predicted octanol–water partition coefficient (Wildman–Crippen LogP) is 0.866. The van der Waals surface area contributed by atoms with Gasteiger partial charge < -0.3 is 21.1 Å². The number of primary amides is 1.